The highest BCUT2D eigenvalue weighted by Gasteiger charge is 2.09. The lowest BCUT2D eigenvalue weighted by Crippen LogP contribution is -2.22. The third-order valence-corrected chi connectivity index (χ3v) is 3.75. The zero-order chi connectivity index (χ0) is 13.2. The number of nitrogens with zero attached hydrogens (tertiary/aromatic N) is 3. The fraction of sp³-hybridized carbons (Fsp3) is 0.154. The second-order valence-corrected chi connectivity index (χ2v) is 5.21. The van der Waals surface area contributed by atoms with Crippen LogP contribution in [0, 0.1) is 0 Å². The van der Waals surface area contributed by atoms with Gasteiger partial charge in [0.15, 0.2) is 0 Å². The van der Waals surface area contributed by atoms with Crippen molar-refractivity contribution in [1.82, 2.24) is 20.3 Å². The number of nitrogens with one attached hydrogen (secondary N) is 1. The van der Waals surface area contributed by atoms with Crippen LogP contribution < -0.4 is 5.32 Å². The summed E-state index contributed by atoms with van der Waals surface area (Å²) in [6.07, 6.45) is 0. The maximum Gasteiger partial charge on any atom is 0.251 e. The van der Waals surface area contributed by atoms with Crippen molar-refractivity contribution in [3.8, 4) is 0 Å². The molecule has 0 aliphatic carbocycles. The van der Waals surface area contributed by atoms with Gasteiger partial charge < -0.3 is 5.32 Å². The SMILES string of the molecule is Cn1nnc2cc(C(=O)NCc3cccs3)ccc21. The Balaban J connectivity index is 1.77. The molecule has 19 heavy (non-hydrogen) atoms. The van der Waals surface area contributed by atoms with Gasteiger partial charge in [-0.3, -0.25) is 4.79 Å². The van der Waals surface area contributed by atoms with E-state index in [1.54, 1.807) is 28.2 Å². The van der Waals surface area contributed by atoms with Crippen LogP contribution in [0.25, 0.3) is 11.0 Å². The Kier molecular flexibility index (Phi) is 3.00. The predicted octanol–water partition coefficient (Wildman–Crippen LogP) is 1.96. The number of thiophene rings is 1. The average molecular weight is 272 g/mol. The van der Waals surface area contributed by atoms with Crippen LogP contribution in [0.4, 0.5) is 0 Å². The number of carbonyl (C=O) groups is 1. The number of rotatable bonds is 3. The number of fused-ring (bicyclic) bond motifs is 1. The van der Waals surface area contributed by atoms with Crippen molar-refractivity contribution < 1.29 is 4.79 Å². The Labute approximate surface area is 113 Å². The van der Waals surface area contributed by atoms with Crippen molar-refractivity contribution in [2.45, 2.75) is 6.54 Å². The molecule has 0 bridgehead atoms. The smallest absolute Gasteiger partial charge is 0.251 e. The quantitative estimate of drug-likeness (QED) is 0.793. The third-order valence-electron chi connectivity index (χ3n) is 2.88. The lowest BCUT2D eigenvalue weighted by Gasteiger charge is -2.03. The molecule has 3 rings (SSSR count). The first kappa shape index (κ1) is 11.9. The van der Waals surface area contributed by atoms with Gasteiger partial charge in [-0.15, -0.1) is 16.4 Å². The van der Waals surface area contributed by atoms with Gasteiger partial charge in [0.05, 0.1) is 12.1 Å². The van der Waals surface area contributed by atoms with E-state index in [2.05, 4.69) is 15.6 Å². The standard InChI is InChI=1S/C13H12N4OS/c1-17-12-5-4-9(7-11(12)15-16-17)13(18)14-8-10-3-2-6-19-10/h2-7H,8H2,1H3,(H,14,18). The monoisotopic (exact) mass is 272 g/mol. The molecule has 0 saturated carbocycles. The minimum Gasteiger partial charge on any atom is -0.347 e. The summed E-state index contributed by atoms with van der Waals surface area (Å²) in [5, 5.41) is 12.8. The van der Waals surface area contributed by atoms with Crippen molar-refractivity contribution in [2.24, 2.45) is 7.05 Å². The average Bonchev–Trinajstić information content (AvgIpc) is 3.06. The Morgan fingerprint density at radius 1 is 1.42 bits per heavy atom. The van der Waals surface area contributed by atoms with Crippen molar-refractivity contribution in [2.75, 3.05) is 0 Å². The normalized spacial score (nSPS) is 10.8. The first-order valence-corrected chi connectivity index (χ1v) is 6.72. The fourth-order valence-electron chi connectivity index (χ4n) is 1.86. The van der Waals surface area contributed by atoms with Crippen molar-refractivity contribution in [3.63, 3.8) is 0 Å². The number of hydrogen-bond donors (Lipinski definition) is 1. The molecule has 1 amide bonds. The van der Waals surface area contributed by atoms with E-state index in [1.165, 1.54) is 0 Å². The van der Waals surface area contributed by atoms with E-state index in [1.807, 2.05) is 30.6 Å². The maximum absolute atomic E-state index is 12.0. The highest BCUT2D eigenvalue weighted by atomic mass is 32.1. The van der Waals surface area contributed by atoms with Crippen molar-refractivity contribution >= 4 is 28.3 Å². The van der Waals surface area contributed by atoms with E-state index in [-0.39, 0.29) is 5.91 Å². The van der Waals surface area contributed by atoms with Crippen LogP contribution in [0.1, 0.15) is 15.2 Å². The van der Waals surface area contributed by atoms with Crippen LogP contribution in [-0.2, 0) is 13.6 Å². The van der Waals surface area contributed by atoms with Gasteiger partial charge in [0.25, 0.3) is 5.91 Å². The molecule has 1 aromatic carbocycles. The Morgan fingerprint density at radius 2 is 2.32 bits per heavy atom. The van der Waals surface area contributed by atoms with Gasteiger partial charge in [0, 0.05) is 17.5 Å². The van der Waals surface area contributed by atoms with Crippen LogP contribution in [0.3, 0.4) is 0 Å². The van der Waals surface area contributed by atoms with Gasteiger partial charge in [-0.25, -0.2) is 4.68 Å². The van der Waals surface area contributed by atoms with Gasteiger partial charge >= 0.3 is 0 Å². The van der Waals surface area contributed by atoms with E-state index in [0.717, 1.165) is 15.9 Å². The molecule has 0 fully saturated rings. The molecule has 0 saturated heterocycles. The van der Waals surface area contributed by atoms with Crippen LogP contribution in [0.5, 0.6) is 0 Å². The lowest BCUT2D eigenvalue weighted by atomic mass is 10.2. The molecule has 5 nitrogen and oxygen atoms in total. The molecule has 0 spiro atoms. The summed E-state index contributed by atoms with van der Waals surface area (Å²) in [4.78, 5) is 13.2. The summed E-state index contributed by atoms with van der Waals surface area (Å²) in [7, 11) is 1.83. The molecule has 6 heteroatoms. The van der Waals surface area contributed by atoms with E-state index in [9.17, 15) is 4.79 Å². The van der Waals surface area contributed by atoms with E-state index in [4.69, 9.17) is 0 Å². The molecule has 1 N–H and O–H groups in total. The predicted molar refractivity (Wildman–Crippen MR) is 74.0 cm³/mol. The summed E-state index contributed by atoms with van der Waals surface area (Å²) < 4.78 is 1.68. The molecular formula is C13H12N4OS. The topological polar surface area (TPSA) is 59.8 Å². The van der Waals surface area contributed by atoms with Crippen LogP contribution in [0.2, 0.25) is 0 Å². The second-order valence-electron chi connectivity index (χ2n) is 4.18. The number of carbonyl (C=O) groups excluding carboxylic acids is 1. The van der Waals surface area contributed by atoms with Crippen LogP contribution >= 0.6 is 11.3 Å². The molecular weight excluding hydrogens is 260 g/mol. The summed E-state index contributed by atoms with van der Waals surface area (Å²) in [5.41, 5.74) is 2.24. The first-order valence-electron chi connectivity index (χ1n) is 5.84. The van der Waals surface area contributed by atoms with Gasteiger partial charge in [0.2, 0.25) is 0 Å². The second kappa shape index (κ2) is 4.81. The molecule has 0 unspecified atom stereocenters. The minimum absolute atomic E-state index is 0.0963. The van der Waals surface area contributed by atoms with E-state index < -0.39 is 0 Å². The number of hydrogen-bond acceptors (Lipinski definition) is 4. The zero-order valence-electron chi connectivity index (χ0n) is 10.3. The largest absolute Gasteiger partial charge is 0.347 e. The zero-order valence-corrected chi connectivity index (χ0v) is 11.1. The molecule has 0 radical (unpaired) electrons. The lowest BCUT2D eigenvalue weighted by molar-refractivity contribution is 0.0951. The van der Waals surface area contributed by atoms with Crippen molar-refractivity contribution in [1.29, 1.82) is 0 Å². The van der Waals surface area contributed by atoms with Gasteiger partial charge in [0.1, 0.15) is 5.52 Å². The number of benzene rings is 1. The van der Waals surface area contributed by atoms with Crippen LogP contribution in [0.15, 0.2) is 35.7 Å². The molecule has 3 aromatic rings. The van der Waals surface area contributed by atoms with Gasteiger partial charge in [-0.2, -0.15) is 0 Å². The fourth-order valence-corrected chi connectivity index (χ4v) is 2.51. The van der Waals surface area contributed by atoms with E-state index in [0.29, 0.717) is 12.1 Å². The number of amides is 1. The minimum atomic E-state index is -0.0963. The summed E-state index contributed by atoms with van der Waals surface area (Å²) in [6, 6.07) is 9.37. The van der Waals surface area contributed by atoms with Crippen molar-refractivity contribution in [3.05, 3.63) is 46.2 Å². The highest BCUT2D eigenvalue weighted by Crippen LogP contribution is 2.13. The third kappa shape index (κ3) is 2.34. The molecule has 0 atom stereocenters. The Hall–Kier alpha value is -2.21. The number of aromatic nitrogens is 3. The molecule has 96 valence electrons. The highest BCUT2D eigenvalue weighted by molar-refractivity contribution is 7.09. The van der Waals surface area contributed by atoms with Gasteiger partial charge in [-0.1, -0.05) is 11.3 Å². The maximum atomic E-state index is 12.0. The summed E-state index contributed by atoms with van der Waals surface area (Å²) in [6.45, 7) is 0.551. The first-order chi connectivity index (χ1) is 9.24. The molecule has 0 aliphatic heterocycles. The van der Waals surface area contributed by atoms with Crippen LogP contribution in [-0.4, -0.2) is 20.9 Å². The molecule has 0 aliphatic rings. The summed E-state index contributed by atoms with van der Waals surface area (Å²) in [5.74, 6) is -0.0963. The summed E-state index contributed by atoms with van der Waals surface area (Å²) >= 11 is 1.63. The Morgan fingerprint density at radius 3 is 3.11 bits per heavy atom. The number of aryl methyl sites for hydroxylation is 1. The van der Waals surface area contributed by atoms with E-state index >= 15 is 0 Å². The molecule has 2 aromatic heterocycles. The Bertz CT molecular complexity index is 717. The molecule has 2 heterocycles. The van der Waals surface area contributed by atoms with Gasteiger partial charge in [-0.05, 0) is 29.6 Å².